The third-order valence-corrected chi connectivity index (χ3v) is 5.12. The number of hydrogen-bond acceptors (Lipinski definition) is 5. The first-order valence-electron chi connectivity index (χ1n) is 9.08. The molecule has 3 rings (SSSR count). The highest BCUT2D eigenvalue weighted by atomic mass is 35.5. The number of carbonyl (C=O) groups is 1. The number of likely N-dealkylation sites (tertiary alicyclic amines) is 1. The molecule has 6 nitrogen and oxygen atoms in total. The van der Waals surface area contributed by atoms with Gasteiger partial charge in [0.15, 0.2) is 11.5 Å². The molecule has 1 atom stereocenters. The fourth-order valence-electron chi connectivity index (χ4n) is 3.35. The van der Waals surface area contributed by atoms with Crippen molar-refractivity contribution in [3.05, 3.63) is 46.6 Å². The lowest BCUT2D eigenvalue weighted by Gasteiger charge is -2.25. The van der Waals surface area contributed by atoms with Crippen LogP contribution < -0.4 is 4.74 Å². The first-order chi connectivity index (χ1) is 13.0. The van der Waals surface area contributed by atoms with E-state index in [0.29, 0.717) is 30.6 Å². The Morgan fingerprint density at radius 2 is 2.19 bits per heavy atom. The summed E-state index contributed by atoms with van der Waals surface area (Å²) in [4.78, 5) is 16.8. The Bertz CT molecular complexity index is 794. The smallest absolute Gasteiger partial charge is 0.276 e. The van der Waals surface area contributed by atoms with Crippen LogP contribution in [0, 0.1) is 5.82 Å². The molecule has 0 saturated carbocycles. The Morgan fingerprint density at radius 3 is 2.89 bits per heavy atom. The van der Waals surface area contributed by atoms with E-state index in [4.69, 9.17) is 20.9 Å². The highest BCUT2D eigenvalue weighted by molar-refractivity contribution is 6.32. The zero-order valence-electron chi connectivity index (χ0n) is 15.5. The van der Waals surface area contributed by atoms with Crippen LogP contribution >= 0.6 is 11.6 Å². The first kappa shape index (κ1) is 19.6. The quantitative estimate of drug-likeness (QED) is 0.716. The van der Waals surface area contributed by atoms with Gasteiger partial charge in [-0.15, -0.1) is 0 Å². The summed E-state index contributed by atoms with van der Waals surface area (Å²) < 4.78 is 23.8. The van der Waals surface area contributed by atoms with Crippen molar-refractivity contribution in [3.63, 3.8) is 0 Å². The summed E-state index contributed by atoms with van der Waals surface area (Å²) in [5.41, 5.74) is 0.263. The van der Waals surface area contributed by atoms with Crippen LogP contribution in [0.2, 0.25) is 5.02 Å². The summed E-state index contributed by atoms with van der Waals surface area (Å²) in [6.45, 7) is 7.67. The zero-order chi connectivity index (χ0) is 19.4. The summed E-state index contributed by atoms with van der Waals surface area (Å²) in [6.07, 6.45) is 0.963. The lowest BCUT2D eigenvalue weighted by Crippen LogP contribution is -2.38. The van der Waals surface area contributed by atoms with Gasteiger partial charge in [0.2, 0.25) is 0 Å². The summed E-state index contributed by atoms with van der Waals surface area (Å²) in [6, 6.07) is 5.84. The Balaban J connectivity index is 1.58. The van der Waals surface area contributed by atoms with E-state index < -0.39 is 5.82 Å². The highest BCUT2D eigenvalue weighted by Crippen LogP contribution is 2.26. The molecule has 1 aliphatic heterocycles. The molecule has 0 radical (unpaired) electrons. The molecule has 0 N–H and O–H groups in total. The van der Waals surface area contributed by atoms with Gasteiger partial charge >= 0.3 is 0 Å². The van der Waals surface area contributed by atoms with E-state index in [1.54, 1.807) is 6.07 Å². The molecule has 2 aromatic rings. The molecule has 2 heterocycles. The lowest BCUT2D eigenvalue weighted by atomic mass is 10.2. The number of aromatic nitrogens is 1. The molecule has 27 heavy (non-hydrogen) atoms. The number of halogens is 2. The van der Waals surface area contributed by atoms with Gasteiger partial charge in [-0.05, 0) is 37.7 Å². The number of rotatable bonds is 7. The molecule has 0 unspecified atom stereocenters. The second-order valence-corrected chi connectivity index (χ2v) is 6.86. The molecule has 146 valence electrons. The number of nitrogens with zero attached hydrogens (tertiary/aromatic N) is 3. The van der Waals surface area contributed by atoms with Crippen LogP contribution in [-0.4, -0.2) is 53.1 Å². The van der Waals surface area contributed by atoms with Gasteiger partial charge in [0.1, 0.15) is 18.2 Å². The molecule has 1 amide bonds. The summed E-state index contributed by atoms with van der Waals surface area (Å²) in [5, 5.41) is 4.04. The van der Waals surface area contributed by atoms with Gasteiger partial charge < -0.3 is 14.2 Å². The van der Waals surface area contributed by atoms with E-state index in [2.05, 4.69) is 23.9 Å². The zero-order valence-corrected chi connectivity index (χ0v) is 16.2. The average Bonchev–Trinajstić information content (AvgIpc) is 3.31. The largest absolute Gasteiger partial charge is 0.484 e. The van der Waals surface area contributed by atoms with Gasteiger partial charge in [0.25, 0.3) is 5.91 Å². The molecular weight excluding hydrogens is 373 g/mol. The van der Waals surface area contributed by atoms with Crippen molar-refractivity contribution in [2.45, 2.75) is 32.9 Å². The number of ether oxygens (including phenoxy) is 1. The second kappa shape index (κ2) is 8.71. The van der Waals surface area contributed by atoms with E-state index in [-0.39, 0.29) is 23.2 Å². The van der Waals surface area contributed by atoms with Gasteiger partial charge in [0.05, 0.1) is 5.02 Å². The average molecular weight is 396 g/mol. The number of hydrogen-bond donors (Lipinski definition) is 0. The minimum Gasteiger partial charge on any atom is -0.484 e. The van der Waals surface area contributed by atoms with E-state index in [1.165, 1.54) is 18.2 Å². The summed E-state index contributed by atoms with van der Waals surface area (Å²) in [7, 11) is 0. The molecule has 1 aromatic heterocycles. The van der Waals surface area contributed by atoms with Crippen LogP contribution in [0.15, 0.2) is 28.8 Å². The van der Waals surface area contributed by atoms with Gasteiger partial charge in [0, 0.05) is 25.2 Å². The minimum absolute atomic E-state index is 0.0493. The van der Waals surface area contributed by atoms with Crippen LogP contribution in [-0.2, 0) is 6.61 Å². The molecule has 1 saturated heterocycles. The number of benzene rings is 1. The third kappa shape index (κ3) is 4.59. The van der Waals surface area contributed by atoms with Crippen molar-refractivity contribution < 1.29 is 18.4 Å². The fourth-order valence-corrected chi connectivity index (χ4v) is 3.57. The van der Waals surface area contributed by atoms with E-state index in [0.717, 1.165) is 19.5 Å². The SMILES string of the molecule is CCN(CC)[C@H]1CCN(C(=O)c2cc(COc3ccc(F)cc3Cl)on2)C1. The molecule has 1 aromatic carbocycles. The number of likely N-dealkylation sites (N-methyl/N-ethyl adjacent to an activating group) is 1. The third-order valence-electron chi connectivity index (χ3n) is 4.82. The highest BCUT2D eigenvalue weighted by Gasteiger charge is 2.31. The number of amides is 1. The lowest BCUT2D eigenvalue weighted by molar-refractivity contribution is 0.0767. The van der Waals surface area contributed by atoms with Crippen LogP contribution in [0.1, 0.15) is 36.5 Å². The maximum atomic E-state index is 13.1. The Kier molecular flexibility index (Phi) is 6.34. The van der Waals surface area contributed by atoms with E-state index >= 15 is 0 Å². The monoisotopic (exact) mass is 395 g/mol. The normalized spacial score (nSPS) is 16.9. The molecule has 0 spiro atoms. The molecule has 1 aliphatic rings. The van der Waals surface area contributed by atoms with Crippen molar-refractivity contribution in [3.8, 4) is 5.75 Å². The van der Waals surface area contributed by atoms with Crippen molar-refractivity contribution >= 4 is 17.5 Å². The maximum absolute atomic E-state index is 13.1. The Hall–Kier alpha value is -2.12. The van der Waals surface area contributed by atoms with Gasteiger partial charge in [-0.1, -0.05) is 30.6 Å². The Morgan fingerprint density at radius 1 is 1.41 bits per heavy atom. The molecule has 0 bridgehead atoms. The van der Waals surface area contributed by atoms with Gasteiger partial charge in [-0.25, -0.2) is 4.39 Å². The van der Waals surface area contributed by atoms with Crippen molar-refractivity contribution in [1.29, 1.82) is 0 Å². The van der Waals surface area contributed by atoms with Crippen molar-refractivity contribution in [1.82, 2.24) is 15.0 Å². The van der Waals surface area contributed by atoms with Crippen molar-refractivity contribution in [2.75, 3.05) is 26.2 Å². The second-order valence-electron chi connectivity index (χ2n) is 6.46. The number of carbonyl (C=O) groups excluding carboxylic acids is 1. The summed E-state index contributed by atoms with van der Waals surface area (Å²) >= 11 is 5.92. The minimum atomic E-state index is -0.437. The van der Waals surface area contributed by atoms with Crippen LogP contribution in [0.25, 0.3) is 0 Å². The van der Waals surface area contributed by atoms with Crippen LogP contribution in [0.5, 0.6) is 5.75 Å². The molecule has 0 aliphatic carbocycles. The first-order valence-corrected chi connectivity index (χ1v) is 9.46. The predicted molar refractivity (Wildman–Crippen MR) is 99.5 cm³/mol. The van der Waals surface area contributed by atoms with Gasteiger partial charge in [-0.3, -0.25) is 9.69 Å². The summed E-state index contributed by atoms with van der Waals surface area (Å²) in [5.74, 6) is 0.162. The fraction of sp³-hybridized carbons (Fsp3) is 0.474. The van der Waals surface area contributed by atoms with Gasteiger partial charge in [-0.2, -0.15) is 0 Å². The molecular formula is C19H23ClFN3O3. The van der Waals surface area contributed by atoms with Crippen LogP contribution in [0.3, 0.4) is 0 Å². The topological polar surface area (TPSA) is 58.8 Å². The van der Waals surface area contributed by atoms with E-state index in [1.807, 2.05) is 4.90 Å². The molecule has 8 heteroatoms. The van der Waals surface area contributed by atoms with Crippen LogP contribution in [0.4, 0.5) is 4.39 Å². The Labute approximate surface area is 162 Å². The molecule has 1 fully saturated rings. The van der Waals surface area contributed by atoms with E-state index in [9.17, 15) is 9.18 Å². The standard InChI is InChI=1S/C19H23ClFN3O3/c1-3-23(4-2)14-7-8-24(11-14)19(25)17-10-15(27-22-17)12-26-18-6-5-13(21)9-16(18)20/h5-6,9-10,14H,3-4,7-8,11-12H2,1-2H3/t14-/m0/s1. The maximum Gasteiger partial charge on any atom is 0.276 e. The predicted octanol–water partition coefficient (Wildman–Crippen LogP) is 3.60. The van der Waals surface area contributed by atoms with Crippen molar-refractivity contribution in [2.24, 2.45) is 0 Å².